The molecule has 182 valence electrons. The smallest absolute Gasteiger partial charge is 0.238 e. The van der Waals surface area contributed by atoms with Crippen LogP contribution in [-0.4, -0.2) is 19.5 Å². The monoisotopic (exact) mass is 492 g/mol. The van der Waals surface area contributed by atoms with E-state index in [9.17, 15) is 0 Å². The zero-order valence-electron chi connectivity index (χ0n) is 20.8. The third-order valence-corrected chi connectivity index (χ3v) is 7.51. The van der Waals surface area contributed by atoms with Gasteiger partial charge in [0, 0.05) is 27.3 Å². The van der Waals surface area contributed by atoms with Crippen molar-refractivity contribution < 1.29 is 4.42 Å². The van der Waals surface area contributed by atoms with Gasteiger partial charge in [0.05, 0.1) is 16.4 Å². The predicted molar refractivity (Wildman–Crippen MR) is 154 cm³/mol. The number of allylic oxidation sites excluding steroid dienone is 8. The van der Waals surface area contributed by atoms with E-state index in [2.05, 4.69) is 89.6 Å². The SMILES string of the molecule is C1=CC(c2nc(C3=CCCC=C3)nc(-n3c4ccccc4c4c5oc6ccccc6c5ccc43)n2)=CCC1. The largest absolute Gasteiger partial charge is 0.455 e. The highest BCUT2D eigenvalue weighted by molar-refractivity contribution is 6.23. The van der Waals surface area contributed by atoms with Crippen LogP contribution in [0.15, 0.2) is 102 Å². The molecule has 2 aliphatic carbocycles. The molecule has 0 bridgehead atoms. The van der Waals surface area contributed by atoms with E-state index >= 15 is 0 Å². The number of para-hydroxylation sites is 2. The van der Waals surface area contributed by atoms with Gasteiger partial charge in [0.15, 0.2) is 11.6 Å². The van der Waals surface area contributed by atoms with Crippen LogP contribution in [0.1, 0.15) is 37.3 Å². The quantitative estimate of drug-likeness (QED) is 0.249. The van der Waals surface area contributed by atoms with Gasteiger partial charge in [0.25, 0.3) is 0 Å². The van der Waals surface area contributed by atoms with Crippen molar-refractivity contribution in [1.29, 1.82) is 0 Å². The number of nitrogens with zero attached hydrogens (tertiary/aromatic N) is 4. The summed E-state index contributed by atoms with van der Waals surface area (Å²) in [5.41, 5.74) is 5.93. The summed E-state index contributed by atoms with van der Waals surface area (Å²) in [5, 5.41) is 4.43. The molecule has 3 aromatic carbocycles. The Balaban J connectivity index is 1.46. The maximum atomic E-state index is 6.46. The molecule has 0 aliphatic heterocycles. The van der Waals surface area contributed by atoms with E-state index in [0.29, 0.717) is 17.6 Å². The Labute approximate surface area is 219 Å². The van der Waals surface area contributed by atoms with Crippen LogP contribution in [0.3, 0.4) is 0 Å². The Morgan fingerprint density at radius 1 is 0.605 bits per heavy atom. The Kier molecular flexibility index (Phi) is 4.71. The first-order valence-electron chi connectivity index (χ1n) is 13.2. The van der Waals surface area contributed by atoms with Gasteiger partial charge in [-0.3, -0.25) is 4.57 Å². The van der Waals surface area contributed by atoms with Crippen LogP contribution >= 0.6 is 0 Å². The molecule has 0 fully saturated rings. The van der Waals surface area contributed by atoms with E-state index < -0.39 is 0 Å². The normalized spacial score (nSPS) is 15.6. The van der Waals surface area contributed by atoms with Crippen molar-refractivity contribution in [2.24, 2.45) is 0 Å². The molecule has 0 saturated carbocycles. The molecule has 0 N–H and O–H groups in total. The van der Waals surface area contributed by atoms with Gasteiger partial charge in [-0.05, 0) is 49.9 Å². The molecule has 3 aromatic heterocycles. The maximum Gasteiger partial charge on any atom is 0.238 e. The van der Waals surface area contributed by atoms with Crippen molar-refractivity contribution in [3.05, 3.63) is 109 Å². The summed E-state index contributed by atoms with van der Waals surface area (Å²) in [6.45, 7) is 0. The van der Waals surface area contributed by atoms with Gasteiger partial charge in [-0.15, -0.1) is 0 Å². The third kappa shape index (κ3) is 3.21. The van der Waals surface area contributed by atoms with Crippen LogP contribution in [-0.2, 0) is 0 Å². The van der Waals surface area contributed by atoms with E-state index in [1.807, 2.05) is 12.1 Å². The Hall–Kier alpha value is -4.77. The summed E-state index contributed by atoms with van der Waals surface area (Å²) < 4.78 is 8.62. The molecular formula is C33H24N4O. The van der Waals surface area contributed by atoms with Crippen LogP contribution in [0.2, 0.25) is 0 Å². The van der Waals surface area contributed by atoms with Crippen molar-refractivity contribution in [2.45, 2.75) is 25.7 Å². The Bertz CT molecular complexity index is 1980. The zero-order valence-corrected chi connectivity index (χ0v) is 20.8. The predicted octanol–water partition coefficient (Wildman–Crippen LogP) is 8.33. The highest BCUT2D eigenvalue weighted by Crippen LogP contribution is 2.40. The minimum absolute atomic E-state index is 0.617. The van der Waals surface area contributed by atoms with Crippen molar-refractivity contribution in [2.75, 3.05) is 0 Å². The summed E-state index contributed by atoms with van der Waals surface area (Å²) in [7, 11) is 0. The van der Waals surface area contributed by atoms with E-state index in [1.165, 1.54) is 0 Å². The van der Waals surface area contributed by atoms with Gasteiger partial charge in [-0.1, -0.05) is 72.9 Å². The summed E-state index contributed by atoms with van der Waals surface area (Å²) in [4.78, 5) is 15.0. The molecule has 0 amide bonds. The molecule has 0 unspecified atom stereocenters. The standard InChI is InChI=1S/C33H24N4O/c1-3-11-21(12-4-1)31-34-32(22-13-5-2-6-14-22)36-33(35-31)37-26-17-9-7-16-25(26)29-27(37)20-19-24-23-15-8-10-18-28(23)38-30(24)29/h3,5,7-20H,1-2,4,6H2. The Morgan fingerprint density at radius 3 is 2.00 bits per heavy atom. The van der Waals surface area contributed by atoms with Crippen LogP contribution in [0.25, 0.3) is 60.8 Å². The first kappa shape index (κ1) is 21.3. The Morgan fingerprint density at radius 2 is 1.29 bits per heavy atom. The second-order valence-electron chi connectivity index (χ2n) is 9.85. The van der Waals surface area contributed by atoms with Crippen LogP contribution < -0.4 is 0 Å². The fourth-order valence-corrected chi connectivity index (χ4v) is 5.73. The fraction of sp³-hybridized carbons (Fsp3) is 0.121. The van der Waals surface area contributed by atoms with Crippen LogP contribution in [0, 0.1) is 0 Å². The number of furan rings is 1. The number of benzene rings is 3. The lowest BCUT2D eigenvalue weighted by atomic mass is 10.1. The summed E-state index contributed by atoms with van der Waals surface area (Å²) in [5.74, 6) is 2.03. The average Bonchev–Trinajstić information content (AvgIpc) is 3.53. The molecule has 8 rings (SSSR count). The lowest BCUT2D eigenvalue weighted by Crippen LogP contribution is -2.10. The molecule has 0 atom stereocenters. The molecule has 0 spiro atoms. The molecule has 5 heteroatoms. The molecular weight excluding hydrogens is 468 g/mol. The van der Waals surface area contributed by atoms with Crippen LogP contribution in [0.4, 0.5) is 0 Å². The van der Waals surface area contributed by atoms with Crippen molar-refractivity contribution in [3.63, 3.8) is 0 Å². The minimum Gasteiger partial charge on any atom is -0.455 e. The van der Waals surface area contributed by atoms with Crippen LogP contribution in [0.5, 0.6) is 0 Å². The summed E-state index contributed by atoms with van der Waals surface area (Å²) >= 11 is 0. The van der Waals surface area contributed by atoms with Gasteiger partial charge >= 0.3 is 0 Å². The number of hydrogen-bond acceptors (Lipinski definition) is 4. The fourth-order valence-electron chi connectivity index (χ4n) is 5.73. The highest BCUT2D eigenvalue weighted by Gasteiger charge is 2.21. The topological polar surface area (TPSA) is 56.7 Å². The van der Waals surface area contributed by atoms with Gasteiger partial charge in [0.1, 0.15) is 11.2 Å². The maximum absolute atomic E-state index is 6.46. The first-order chi connectivity index (χ1) is 18.8. The molecule has 2 aliphatic rings. The highest BCUT2D eigenvalue weighted by atomic mass is 16.3. The van der Waals surface area contributed by atoms with Gasteiger partial charge < -0.3 is 4.42 Å². The second-order valence-corrected chi connectivity index (χ2v) is 9.85. The number of hydrogen-bond donors (Lipinski definition) is 0. The molecule has 6 aromatic rings. The number of fused-ring (bicyclic) bond motifs is 7. The second kappa shape index (κ2) is 8.38. The third-order valence-electron chi connectivity index (χ3n) is 7.51. The molecule has 3 heterocycles. The zero-order chi connectivity index (χ0) is 25.1. The van der Waals surface area contributed by atoms with E-state index in [0.717, 1.165) is 80.6 Å². The van der Waals surface area contributed by atoms with Gasteiger partial charge in [0.2, 0.25) is 5.95 Å². The van der Waals surface area contributed by atoms with E-state index in [4.69, 9.17) is 19.4 Å². The summed E-state index contributed by atoms with van der Waals surface area (Å²) in [6, 6.07) is 21.0. The number of rotatable bonds is 3. The first-order valence-corrected chi connectivity index (χ1v) is 13.2. The van der Waals surface area contributed by atoms with Gasteiger partial charge in [-0.2, -0.15) is 9.97 Å². The van der Waals surface area contributed by atoms with Crippen molar-refractivity contribution in [1.82, 2.24) is 19.5 Å². The molecule has 0 saturated heterocycles. The van der Waals surface area contributed by atoms with Gasteiger partial charge in [-0.25, -0.2) is 4.98 Å². The lowest BCUT2D eigenvalue weighted by molar-refractivity contribution is 0.673. The summed E-state index contributed by atoms with van der Waals surface area (Å²) in [6.07, 6.45) is 17.1. The molecule has 5 nitrogen and oxygen atoms in total. The minimum atomic E-state index is 0.617. The molecule has 0 radical (unpaired) electrons. The van der Waals surface area contributed by atoms with Crippen molar-refractivity contribution >= 4 is 54.9 Å². The van der Waals surface area contributed by atoms with Crippen molar-refractivity contribution in [3.8, 4) is 5.95 Å². The van der Waals surface area contributed by atoms with E-state index in [1.54, 1.807) is 0 Å². The van der Waals surface area contributed by atoms with E-state index in [-0.39, 0.29) is 0 Å². The number of aromatic nitrogens is 4. The molecule has 38 heavy (non-hydrogen) atoms. The average molecular weight is 493 g/mol. The lowest BCUT2D eigenvalue weighted by Gasteiger charge is -2.13.